The lowest BCUT2D eigenvalue weighted by Crippen LogP contribution is -2.21. The molecule has 4 N–H and O–H groups in total. The number of anilines is 4. The molecule has 1 aromatic heterocycles. The molecule has 5 rings (SSSR count). The number of hydrogen-bond donors (Lipinski definition) is 4. The van der Waals surface area contributed by atoms with E-state index in [9.17, 15) is 36.9 Å². The second-order valence-corrected chi connectivity index (χ2v) is 15.4. The van der Waals surface area contributed by atoms with Crippen LogP contribution in [-0.2, 0) is 41.6 Å². The smallest absolute Gasteiger partial charge is 0.475 e. The van der Waals surface area contributed by atoms with Gasteiger partial charge in [-0.3, -0.25) is 22.9 Å². The summed E-state index contributed by atoms with van der Waals surface area (Å²) in [5.41, 5.74) is 1.34. The van der Waals surface area contributed by atoms with Gasteiger partial charge in [-0.15, -0.1) is 0 Å². The van der Waals surface area contributed by atoms with Crippen LogP contribution < -0.4 is 15.4 Å². The summed E-state index contributed by atoms with van der Waals surface area (Å²) in [5, 5.41) is 5.55. The molecule has 1 fully saturated rings. The number of phosphoric acid groups is 1. The van der Waals surface area contributed by atoms with E-state index in [0.717, 1.165) is 5.56 Å². The van der Waals surface area contributed by atoms with Crippen LogP contribution in [0.3, 0.4) is 0 Å². The van der Waals surface area contributed by atoms with Crippen LogP contribution in [0.25, 0.3) is 0 Å². The Morgan fingerprint density at radius 3 is 2.27 bits per heavy atom. The SMILES string of the molecule is CCOP(=O)(OCC)O[C@H]1CC[C@H](c2ccc(Nc3nc(Nc4ccc(CP(=O)(O)O)cc4OC)ncc3C(F)(F)F)c3c2CN(C)C3=O)CC1. The molecule has 19 heteroatoms. The molecule has 0 atom stereocenters. The maximum absolute atomic E-state index is 14.2. The number of carbonyl (C=O) groups excluding carboxylic acids is 1. The number of phosphoric ester groups is 1. The first-order valence-corrected chi connectivity index (χ1v) is 19.5. The molecule has 3 aromatic rings. The summed E-state index contributed by atoms with van der Waals surface area (Å²) in [6, 6.07) is 7.64. The summed E-state index contributed by atoms with van der Waals surface area (Å²) in [5.74, 6) is -1.02. The number of alkyl halides is 3. The van der Waals surface area contributed by atoms with Crippen molar-refractivity contribution in [1.82, 2.24) is 14.9 Å². The molecular formula is C32H40F3N5O9P2. The van der Waals surface area contributed by atoms with Crippen LogP contribution in [0.4, 0.5) is 36.3 Å². The number of nitrogens with one attached hydrogen (secondary N) is 2. The molecule has 2 heterocycles. The third kappa shape index (κ3) is 9.28. The van der Waals surface area contributed by atoms with E-state index in [0.29, 0.717) is 37.4 Å². The van der Waals surface area contributed by atoms with Crippen molar-refractivity contribution >= 4 is 44.5 Å². The quantitative estimate of drug-likeness (QED) is 0.119. The molecule has 0 unspecified atom stereocenters. The summed E-state index contributed by atoms with van der Waals surface area (Å²) in [6.07, 6.45) is -2.67. The lowest BCUT2D eigenvalue weighted by atomic mass is 9.80. The van der Waals surface area contributed by atoms with Crippen molar-refractivity contribution in [2.24, 2.45) is 0 Å². The lowest BCUT2D eigenvalue weighted by molar-refractivity contribution is -0.137. The first-order valence-electron chi connectivity index (χ1n) is 16.2. The molecule has 1 amide bonds. The zero-order valence-corrected chi connectivity index (χ0v) is 30.2. The number of halogens is 3. The third-order valence-electron chi connectivity index (χ3n) is 8.52. The molecule has 0 spiro atoms. The molecular weight excluding hydrogens is 717 g/mol. The third-order valence-corrected chi connectivity index (χ3v) is 11.0. The number of benzene rings is 2. The van der Waals surface area contributed by atoms with Crippen molar-refractivity contribution in [2.75, 3.05) is 38.0 Å². The van der Waals surface area contributed by atoms with Crippen LogP contribution in [0.1, 0.15) is 78.1 Å². The fourth-order valence-electron chi connectivity index (χ4n) is 6.31. The van der Waals surface area contributed by atoms with E-state index in [2.05, 4.69) is 20.6 Å². The maximum atomic E-state index is 14.2. The van der Waals surface area contributed by atoms with E-state index in [1.165, 1.54) is 30.2 Å². The van der Waals surface area contributed by atoms with Crippen molar-refractivity contribution in [1.29, 1.82) is 0 Å². The van der Waals surface area contributed by atoms with Crippen molar-refractivity contribution in [3.8, 4) is 5.75 Å². The zero-order chi connectivity index (χ0) is 37.1. The van der Waals surface area contributed by atoms with E-state index in [1.807, 2.05) is 6.07 Å². The summed E-state index contributed by atoms with van der Waals surface area (Å²) < 4.78 is 88.6. The molecule has 278 valence electrons. The predicted octanol–water partition coefficient (Wildman–Crippen LogP) is 7.48. The molecule has 2 aliphatic rings. The largest absolute Gasteiger partial charge is 0.495 e. The second-order valence-electron chi connectivity index (χ2n) is 12.1. The van der Waals surface area contributed by atoms with Gasteiger partial charge in [0.05, 0.1) is 49.5 Å². The normalized spacial score (nSPS) is 18.1. The molecule has 0 saturated heterocycles. The molecule has 1 saturated carbocycles. The Morgan fingerprint density at radius 2 is 1.67 bits per heavy atom. The minimum atomic E-state index is -4.85. The summed E-state index contributed by atoms with van der Waals surface area (Å²) >= 11 is 0. The summed E-state index contributed by atoms with van der Waals surface area (Å²) in [4.78, 5) is 41.5. The number of fused-ring (bicyclic) bond motifs is 1. The van der Waals surface area contributed by atoms with Gasteiger partial charge in [0.2, 0.25) is 5.95 Å². The fraction of sp³-hybridized carbons (Fsp3) is 0.469. The van der Waals surface area contributed by atoms with Crippen LogP contribution in [-0.4, -0.2) is 64.0 Å². The highest BCUT2D eigenvalue weighted by Crippen LogP contribution is 2.53. The van der Waals surface area contributed by atoms with Crippen molar-refractivity contribution in [3.05, 3.63) is 64.3 Å². The highest BCUT2D eigenvalue weighted by Gasteiger charge is 2.38. The Balaban J connectivity index is 1.41. The van der Waals surface area contributed by atoms with Gasteiger partial charge in [0, 0.05) is 19.8 Å². The minimum Gasteiger partial charge on any atom is -0.495 e. The van der Waals surface area contributed by atoms with Gasteiger partial charge < -0.3 is 30.1 Å². The van der Waals surface area contributed by atoms with Crippen molar-refractivity contribution < 1.29 is 55.2 Å². The molecule has 0 radical (unpaired) electrons. The molecule has 51 heavy (non-hydrogen) atoms. The number of nitrogens with zero attached hydrogens (tertiary/aromatic N) is 3. The van der Waals surface area contributed by atoms with Gasteiger partial charge in [0.1, 0.15) is 17.1 Å². The Hall–Kier alpha value is -3.56. The average molecular weight is 758 g/mol. The molecule has 2 aromatic carbocycles. The van der Waals surface area contributed by atoms with Gasteiger partial charge in [-0.1, -0.05) is 12.1 Å². The summed E-state index contributed by atoms with van der Waals surface area (Å²) in [6.45, 7) is 4.01. The highest BCUT2D eigenvalue weighted by molar-refractivity contribution is 7.50. The Labute approximate surface area is 292 Å². The van der Waals surface area contributed by atoms with Crippen LogP contribution in [0.15, 0.2) is 36.5 Å². The van der Waals surface area contributed by atoms with Crippen molar-refractivity contribution in [2.45, 2.75) is 70.4 Å². The molecule has 1 aliphatic heterocycles. The van der Waals surface area contributed by atoms with E-state index in [4.69, 9.17) is 18.3 Å². The summed E-state index contributed by atoms with van der Waals surface area (Å²) in [7, 11) is -5.12. The minimum absolute atomic E-state index is 0.0224. The van der Waals surface area contributed by atoms with E-state index < -0.39 is 39.1 Å². The van der Waals surface area contributed by atoms with E-state index in [1.54, 1.807) is 27.0 Å². The topological polar surface area (TPSA) is 182 Å². The number of rotatable bonds is 14. The first-order chi connectivity index (χ1) is 24.0. The van der Waals surface area contributed by atoms with Gasteiger partial charge in [-0.25, -0.2) is 9.55 Å². The number of amides is 1. The Bertz CT molecular complexity index is 1840. The number of aromatic nitrogens is 2. The van der Waals surface area contributed by atoms with Gasteiger partial charge in [0.15, 0.2) is 0 Å². The monoisotopic (exact) mass is 757 g/mol. The van der Waals surface area contributed by atoms with Gasteiger partial charge >= 0.3 is 21.6 Å². The Morgan fingerprint density at radius 1 is 1.00 bits per heavy atom. The number of carbonyl (C=O) groups is 1. The van der Waals surface area contributed by atoms with Crippen LogP contribution >= 0.6 is 15.4 Å². The van der Waals surface area contributed by atoms with Crippen LogP contribution in [0.2, 0.25) is 0 Å². The Kier molecular flexibility index (Phi) is 11.8. The predicted molar refractivity (Wildman–Crippen MR) is 182 cm³/mol. The van der Waals surface area contributed by atoms with E-state index in [-0.39, 0.29) is 71.9 Å². The number of hydrogen-bond acceptors (Lipinski definition) is 11. The van der Waals surface area contributed by atoms with Crippen LogP contribution in [0, 0.1) is 0 Å². The standard InChI is InChI=1S/C32H40F3N5O9P2/c1-5-47-51(45,48-6-2)49-21-10-8-20(9-11-21)22-12-14-26(28-23(22)17-40(3)30(28)41)37-29-24(32(33,34)35)16-36-31(39-29)38-25-13-7-19(15-27(25)46-4)18-50(42,43)44/h7,12-16,20-21H,5-6,8-11,17-18H2,1-4H3,(H2,42,43,44)(H2,36,37,38,39)/t20-,21-. The maximum Gasteiger partial charge on any atom is 0.475 e. The fourth-order valence-corrected chi connectivity index (χ4v) is 8.39. The first kappa shape index (κ1) is 38.7. The van der Waals surface area contributed by atoms with E-state index >= 15 is 0 Å². The molecule has 0 bridgehead atoms. The van der Waals surface area contributed by atoms with Gasteiger partial charge in [-0.05, 0) is 80.3 Å². The number of methoxy groups -OCH3 is 1. The molecule has 1 aliphatic carbocycles. The average Bonchev–Trinajstić information content (AvgIpc) is 3.35. The second kappa shape index (κ2) is 15.6. The van der Waals surface area contributed by atoms with Gasteiger partial charge in [-0.2, -0.15) is 18.2 Å². The number of ether oxygens (including phenoxy) is 1. The highest BCUT2D eigenvalue weighted by atomic mass is 31.2. The molecule has 14 nitrogen and oxygen atoms in total. The lowest BCUT2D eigenvalue weighted by Gasteiger charge is -2.31. The zero-order valence-electron chi connectivity index (χ0n) is 28.4. The van der Waals surface area contributed by atoms with Crippen LogP contribution in [0.5, 0.6) is 5.75 Å². The van der Waals surface area contributed by atoms with Crippen molar-refractivity contribution in [3.63, 3.8) is 0 Å². The van der Waals surface area contributed by atoms with Gasteiger partial charge in [0.25, 0.3) is 5.91 Å².